The number of thiophene rings is 1. The lowest BCUT2D eigenvalue weighted by molar-refractivity contribution is 0.346. The lowest BCUT2D eigenvalue weighted by Crippen LogP contribution is -2.27. The van der Waals surface area contributed by atoms with E-state index in [-0.39, 0.29) is 0 Å². The highest BCUT2D eigenvalue weighted by Gasteiger charge is 2.19. The van der Waals surface area contributed by atoms with Crippen LogP contribution in [0.5, 0.6) is 0 Å². The monoisotopic (exact) mass is 243 g/mol. The predicted octanol–water partition coefficient (Wildman–Crippen LogP) is 3.64. The summed E-state index contributed by atoms with van der Waals surface area (Å²) in [4.78, 5) is 1.42. The molecule has 0 aromatic carbocycles. The molecule has 84 valence electrons. The molecule has 1 aliphatic carbocycles. The first-order valence-corrected chi connectivity index (χ1v) is 7.03. The van der Waals surface area contributed by atoms with Crippen LogP contribution in [0.25, 0.3) is 0 Å². The number of nitrogens with one attached hydrogen (secondary N) is 1. The molecule has 15 heavy (non-hydrogen) atoms. The zero-order valence-corrected chi connectivity index (χ0v) is 10.5. The first-order valence-electron chi connectivity index (χ1n) is 5.72. The van der Waals surface area contributed by atoms with Crippen LogP contribution in [0.15, 0.2) is 17.5 Å². The Labute approximate surface area is 101 Å². The Morgan fingerprint density at radius 2 is 2.40 bits per heavy atom. The fourth-order valence-corrected chi connectivity index (χ4v) is 3.30. The van der Waals surface area contributed by atoms with Crippen LogP contribution in [0, 0.1) is 5.92 Å². The maximum Gasteiger partial charge on any atom is 0.0339 e. The van der Waals surface area contributed by atoms with Crippen molar-refractivity contribution in [1.82, 2.24) is 5.32 Å². The van der Waals surface area contributed by atoms with Gasteiger partial charge in [0.2, 0.25) is 0 Å². The summed E-state index contributed by atoms with van der Waals surface area (Å²) >= 11 is 7.99. The molecule has 0 amide bonds. The summed E-state index contributed by atoms with van der Waals surface area (Å²) in [6.07, 6.45) is 5.06. The molecule has 2 rings (SSSR count). The van der Waals surface area contributed by atoms with Crippen molar-refractivity contribution in [3.63, 3.8) is 0 Å². The summed E-state index contributed by atoms with van der Waals surface area (Å²) in [5.74, 6) is 0.793. The van der Waals surface area contributed by atoms with Crippen LogP contribution in [0.1, 0.15) is 30.6 Å². The zero-order chi connectivity index (χ0) is 10.5. The molecule has 2 unspecified atom stereocenters. The van der Waals surface area contributed by atoms with Gasteiger partial charge in [0, 0.05) is 16.8 Å². The molecule has 1 N–H and O–H groups in total. The largest absolute Gasteiger partial charge is 0.312 e. The summed E-state index contributed by atoms with van der Waals surface area (Å²) in [7, 11) is 0. The Hall–Kier alpha value is -0.0500. The molecule has 1 aliphatic rings. The van der Waals surface area contributed by atoms with Gasteiger partial charge in [-0.15, -0.1) is 22.9 Å². The van der Waals surface area contributed by atoms with E-state index in [9.17, 15) is 0 Å². The highest BCUT2D eigenvalue weighted by atomic mass is 35.5. The maximum atomic E-state index is 6.16. The second kappa shape index (κ2) is 5.88. The lowest BCUT2D eigenvalue weighted by Gasteiger charge is -2.25. The van der Waals surface area contributed by atoms with Gasteiger partial charge in [-0.1, -0.05) is 12.5 Å². The van der Waals surface area contributed by atoms with Gasteiger partial charge in [-0.05, 0) is 43.2 Å². The SMILES string of the molecule is ClC1CCCC(CNCc2cccs2)C1. The quantitative estimate of drug-likeness (QED) is 0.797. The zero-order valence-electron chi connectivity index (χ0n) is 8.92. The van der Waals surface area contributed by atoms with Crippen molar-refractivity contribution >= 4 is 22.9 Å². The van der Waals surface area contributed by atoms with E-state index in [2.05, 4.69) is 22.8 Å². The first-order chi connectivity index (χ1) is 7.34. The van der Waals surface area contributed by atoms with Crippen LogP contribution >= 0.6 is 22.9 Å². The van der Waals surface area contributed by atoms with E-state index < -0.39 is 0 Å². The van der Waals surface area contributed by atoms with Crippen molar-refractivity contribution in [1.29, 1.82) is 0 Å². The second-order valence-electron chi connectivity index (χ2n) is 4.34. The lowest BCUT2D eigenvalue weighted by atomic mass is 9.89. The van der Waals surface area contributed by atoms with Gasteiger partial charge >= 0.3 is 0 Å². The fourth-order valence-electron chi connectivity index (χ4n) is 2.22. The van der Waals surface area contributed by atoms with E-state index >= 15 is 0 Å². The summed E-state index contributed by atoms with van der Waals surface area (Å²) in [6.45, 7) is 2.14. The standard InChI is InChI=1S/C12H18ClNS/c13-11-4-1-3-10(7-11)8-14-9-12-5-2-6-15-12/h2,5-6,10-11,14H,1,3-4,7-9H2. The van der Waals surface area contributed by atoms with Gasteiger partial charge in [-0.3, -0.25) is 0 Å². The smallest absolute Gasteiger partial charge is 0.0339 e. The molecule has 3 heteroatoms. The first kappa shape index (κ1) is 11.4. The van der Waals surface area contributed by atoms with E-state index in [0.717, 1.165) is 19.0 Å². The predicted molar refractivity (Wildman–Crippen MR) is 67.6 cm³/mol. The van der Waals surface area contributed by atoms with E-state index in [1.807, 2.05) is 11.3 Å². The van der Waals surface area contributed by atoms with Crippen LogP contribution in [0.3, 0.4) is 0 Å². The minimum absolute atomic E-state index is 0.423. The summed E-state index contributed by atoms with van der Waals surface area (Å²) < 4.78 is 0. The molecule has 2 atom stereocenters. The van der Waals surface area contributed by atoms with Gasteiger partial charge in [0.1, 0.15) is 0 Å². The maximum absolute atomic E-state index is 6.16. The van der Waals surface area contributed by atoms with Crippen LogP contribution in [0.4, 0.5) is 0 Å². The fraction of sp³-hybridized carbons (Fsp3) is 0.667. The average molecular weight is 244 g/mol. The Morgan fingerprint density at radius 1 is 1.47 bits per heavy atom. The Kier molecular flexibility index (Phi) is 4.48. The van der Waals surface area contributed by atoms with E-state index in [4.69, 9.17) is 11.6 Å². The molecule has 1 saturated carbocycles. The van der Waals surface area contributed by atoms with Crippen molar-refractivity contribution < 1.29 is 0 Å². The van der Waals surface area contributed by atoms with Gasteiger partial charge in [0.15, 0.2) is 0 Å². The molecule has 0 spiro atoms. The van der Waals surface area contributed by atoms with Crippen molar-refractivity contribution in [2.75, 3.05) is 6.54 Å². The van der Waals surface area contributed by atoms with Gasteiger partial charge in [-0.2, -0.15) is 0 Å². The van der Waals surface area contributed by atoms with Crippen molar-refractivity contribution in [2.24, 2.45) is 5.92 Å². The summed E-state index contributed by atoms with van der Waals surface area (Å²) in [5, 5.41) is 6.08. The molecule has 1 heterocycles. The molecule has 1 aromatic rings. The van der Waals surface area contributed by atoms with Crippen LogP contribution in [-0.2, 0) is 6.54 Å². The third-order valence-electron chi connectivity index (χ3n) is 3.03. The summed E-state index contributed by atoms with van der Waals surface area (Å²) in [6, 6.07) is 4.29. The highest BCUT2D eigenvalue weighted by molar-refractivity contribution is 7.09. The van der Waals surface area contributed by atoms with E-state index in [1.165, 1.54) is 30.6 Å². The third-order valence-corrected chi connectivity index (χ3v) is 4.30. The van der Waals surface area contributed by atoms with Gasteiger partial charge in [-0.25, -0.2) is 0 Å². The van der Waals surface area contributed by atoms with E-state index in [0.29, 0.717) is 5.38 Å². The van der Waals surface area contributed by atoms with Crippen LogP contribution in [0.2, 0.25) is 0 Å². The van der Waals surface area contributed by atoms with Crippen molar-refractivity contribution in [2.45, 2.75) is 37.6 Å². The number of rotatable bonds is 4. The van der Waals surface area contributed by atoms with Gasteiger partial charge in [0.25, 0.3) is 0 Å². The van der Waals surface area contributed by atoms with Crippen LogP contribution in [-0.4, -0.2) is 11.9 Å². The molecule has 1 aromatic heterocycles. The number of hydrogen-bond donors (Lipinski definition) is 1. The Morgan fingerprint density at radius 3 is 3.13 bits per heavy atom. The van der Waals surface area contributed by atoms with Gasteiger partial charge < -0.3 is 5.32 Å². The van der Waals surface area contributed by atoms with Crippen molar-refractivity contribution in [3.05, 3.63) is 22.4 Å². The Balaban J connectivity index is 1.65. The highest BCUT2D eigenvalue weighted by Crippen LogP contribution is 2.27. The molecule has 0 saturated heterocycles. The second-order valence-corrected chi connectivity index (χ2v) is 5.99. The number of halogens is 1. The normalized spacial score (nSPS) is 26.7. The molecule has 0 radical (unpaired) electrons. The molecule has 0 bridgehead atoms. The number of hydrogen-bond acceptors (Lipinski definition) is 2. The Bertz CT molecular complexity index is 273. The van der Waals surface area contributed by atoms with E-state index in [1.54, 1.807) is 0 Å². The molecule has 0 aliphatic heterocycles. The van der Waals surface area contributed by atoms with Gasteiger partial charge in [0.05, 0.1) is 0 Å². The molecule has 1 nitrogen and oxygen atoms in total. The molecular formula is C12H18ClNS. The molecular weight excluding hydrogens is 226 g/mol. The average Bonchev–Trinajstić information content (AvgIpc) is 2.71. The van der Waals surface area contributed by atoms with Crippen LogP contribution < -0.4 is 5.32 Å². The van der Waals surface area contributed by atoms with Crippen molar-refractivity contribution in [3.8, 4) is 0 Å². The summed E-state index contributed by atoms with van der Waals surface area (Å²) in [5.41, 5.74) is 0. The molecule has 1 fully saturated rings. The minimum atomic E-state index is 0.423. The minimum Gasteiger partial charge on any atom is -0.312 e. The topological polar surface area (TPSA) is 12.0 Å². The third kappa shape index (κ3) is 3.78. The number of alkyl halides is 1.